The molecule has 15 heteroatoms. The highest BCUT2D eigenvalue weighted by atomic mass is 16.5. The molecule has 4 aromatic carbocycles. The lowest BCUT2D eigenvalue weighted by Gasteiger charge is -2.29. The monoisotopic (exact) mass is 824 g/mol. The maximum atomic E-state index is 14.0. The van der Waals surface area contributed by atoms with Crippen molar-refractivity contribution in [2.45, 2.75) is 70.3 Å². The number of rotatable bonds is 9. The van der Waals surface area contributed by atoms with E-state index in [4.69, 9.17) is 24.2 Å². The van der Waals surface area contributed by atoms with Crippen LogP contribution in [0.1, 0.15) is 80.4 Å². The molecule has 0 unspecified atom stereocenters. The van der Waals surface area contributed by atoms with E-state index in [1.165, 1.54) is 14.2 Å². The molecule has 0 saturated carbocycles. The Balaban J connectivity index is 0.954. The number of hydrogen-bond acceptors (Lipinski definition) is 9. The fourth-order valence-electron chi connectivity index (χ4n) is 9.12. The second-order valence-corrected chi connectivity index (χ2v) is 16.2. The summed E-state index contributed by atoms with van der Waals surface area (Å²) >= 11 is 0. The van der Waals surface area contributed by atoms with Gasteiger partial charge in [0.05, 0.1) is 49.2 Å². The normalized spacial score (nSPS) is 18.0. The summed E-state index contributed by atoms with van der Waals surface area (Å²) in [7, 11) is 2.57. The van der Waals surface area contributed by atoms with Crippen molar-refractivity contribution < 1.29 is 33.4 Å². The summed E-state index contributed by atoms with van der Waals surface area (Å²) in [6.45, 7) is 5.29. The molecule has 9 rings (SSSR count). The van der Waals surface area contributed by atoms with E-state index in [1.807, 2.05) is 55.1 Å². The third-order valence-corrected chi connectivity index (χ3v) is 12.2. The fourth-order valence-corrected chi connectivity index (χ4v) is 9.12. The zero-order chi connectivity index (χ0) is 42.4. The van der Waals surface area contributed by atoms with Crippen molar-refractivity contribution in [3.63, 3.8) is 0 Å². The molecular formula is C46H48N8O7. The van der Waals surface area contributed by atoms with Gasteiger partial charge in [-0.05, 0) is 78.1 Å². The molecule has 4 N–H and O–H groups in total. The van der Waals surface area contributed by atoms with Gasteiger partial charge in [-0.25, -0.2) is 19.6 Å². The van der Waals surface area contributed by atoms with Crippen LogP contribution in [0.4, 0.5) is 9.59 Å². The molecule has 314 valence electrons. The molecule has 3 aliphatic heterocycles. The number of fused-ring (bicyclic) bond motifs is 7. The van der Waals surface area contributed by atoms with Gasteiger partial charge in [-0.15, -0.1) is 0 Å². The molecule has 0 spiro atoms. The first-order valence-corrected chi connectivity index (χ1v) is 20.7. The Kier molecular flexibility index (Phi) is 10.6. The second-order valence-electron chi connectivity index (χ2n) is 16.2. The number of benzene rings is 4. The predicted molar refractivity (Wildman–Crippen MR) is 227 cm³/mol. The van der Waals surface area contributed by atoms with Gasteiger partial charge in [0.25, 0.3) is 5.91 Å². The van der Waals surface area contributed by atoms with Gasteiger partial charge in [0.15, 0.2) is 0 Å². The number of carbonyl (C=O) groups is 4. The third-order valence-electron chi connectivity index (χ3n) is 12.2. The number of nitrogens with zero attached hydrogens (tertiary/aromatic N) is 4. The average Bonchev–Trinajstić information content (AvgIpc) is 4.13. The predicted octanol–water partition coefficient (Wildman–Crippen LogP) is 7.47. The fraction of sp³-hybridized carbons (Fsp3) is 0.348. The van der Waals surface area contributed by atoms with E-state index in [0.717, 1.165) is 81.2 Å². The molecule has 2 fully saturated rings. The Hall–Kier alpha value is -6.90. The molecule has 0 aliphatic carbocycles. The molecule has 3 aliphatic rings. The van der Waals surface area contributed by atoms with Gasteiger partial charge < -0.3 is 44.6 Å². The van der Waals surface area contributed by atoms with Crippen LogP contribution in [0.3, 0.4) is 0 Å². The number of amides is 4. The van der Waals surface area contributed by atoms with Gasteiger partial charge in [-0.3, -0.25) is 9.59 Å². The molecule has 4 amide bonds. The summed E-state index contributed by atoms with van der Waals surface area (Å²) < 4.78 is 16.2. The van der Waals surface area contributed by atoms with Gasteiger partial charge >= 0.3 is 12.2 Å². The number of imidazole rings is 2. The zero-order valence-corrected chi connectivity index (χ0v) is 34.5. The number of H-pyrrole nitrogens is 2. The number of aromatic nitrogens is 4. The lowest BCUT2D eigenvalue weighted by molar-refractivity contribution is -0.135. The minimum atomic E-state index is -0.894. The summed E-state index contributed by atoms with van der Waals surface area (Å²) in [4.78, 5) is 72.5. The van der Waals surface area contributed by atoms with Gasteiger partial charge in [-0.2, -0.15) is 0 Å². The Bertz CT molecular complexity index is 2660. The van der Waals surface area contributed by atoms with Gasteiger partial charge in [0, 0.05) is 29.4 Å². The number of carbonyl (C=O) groups excluding carboxylic acids is 4. The molecule has 6 aromatic rings. The van der Waals surface area contributed by atoms with Crippen molar-refractivity contribution in [1.29, 1.82) is 0 Å². The summed E-state index contributed by atoms with van der Waals surface area (Å²) in [6.07, 6.45) is 3.62. The summed E-state index contributed by atoms with van der Waals surface area (Å²) in [5.41, 5.74) is 7.22. The van der Waals surface area contributed by atoms with Crippen molar-refractivity contribution in [3.05, 3.63) is 102 Å². The lowest BCUT2D eigenvalue weighted by atomic mass is 9.92. The summed E-state index contributed by atoms with van der Waals surface area (Å²) in [5, 5.41) is 7.33. The Morgan fingerprint density at radius 2 is 1.48 bits per heavy atom. The first kappa shape index (κ1) is 39.6. The minimum absolute atomic E-state index is 0.126. The lowest BCUT2D eigenvalue weighted by Crippen LogP contribution is -2.51. The van der Waals surface area contributed by atoms with Crippen LogP contribution in [-0.2, 0) is 25.7 Å². The van der Waals surface area contributed by atoms with Crippen molar-refractivity contribution in [1.82, 2.24) is 40.4 Å². The Labute approximate surface area is 352 Å². The van der Waals surface area contributed by atoms with Crippen molar-refractivity contribution in [2.75, 3.05) is 27.3 Å². The number of methoxy groups -OCH3 is 2. The maximum Gasteiger partial charge on any atom is 0.407 e. The van der Waals surface area contributed by atoms with Crippen LogP contribution in [0, 0.1) is 5.92 Å². The van der Waals surface area contributed by atoms with E-state index in [-0.39, 0.29) is 29.8 Å². The van der Waals surface area contributed by atoms with E-state index >= 15 is 0 Å². The van der Waals surface area contributed by atoms with Crippen LogP contribution in [0.5, 0.6) is 5.75 Å². The van der Waals surface area contributed by atoms with Crippen LogP contribution in [-0.4, -0.2) is 87.1 Å². The highest BCUT2D eigenvalue weighted by Crippen LogP contribution is 2.45. The number of ether oxygens (including phenoxy) is 3. The van der Waals surface area contributed by atoms with Crippen LogP contribution >= 0.6 is 0 Å². The highest BCUT2D eigenvalue weighted by molar-refractivity contribution is 6.09. The molecular weight excluding hydrogens is 777 g/mol. The van der Waals surface area contributed by atoms with Crippen molar-refractivity contribution in [2.24, 2.45) is 5.92 Å². The first-order valence-electron chi connectivity index (χ1n) is 20.7. The van der Waals surface area contributed by atoms with E-state index < -0.39 is 24.3 Å². The average molecular weight is 825 g/mol. The number of aromatic amines is 2. The number of hydrogen-bond donors (Lipinski definition) is 4. The minimum Gasteiger partial charge on any atom is -0.488 e. The number of alkyl carbamates (subject to hydrolysis) is 2. The van der Waals surface area contributed by atoms with E-state index in [2.05, 4.69) is 57.0 Å². The molecule has 5 heterocycles. The molecule has 0 bridgehead atoms. The van der Waals surface area contributed by atoms with Crippen LogP contribution in [0.15, 0.2) is 79.0 Å². The molecule has 2 aromatic heterocycles. The maximum absolute atomic E-state index is 14.0. The summed E-state index contributed by atoms with van der Waals surface area (Å²) in [6, 6.07) is 21.6. The van der Waals surface area contributed by atoms with Crippen molar-refractivity contribution in [3.8, 4) is 28.1 Å². The van der Waals surface area contributed by atoms with E-state index in [1.54, 1.807) is 11.1 Å². The SMILES string of the molecule is COC(=O)N[C@H](C(=O)N1CCC[C@H]1c1nc2c(ccc3c4c(ccc32)-c2ccc(-c3cnc([C@@H]5CCCN5C(=O)[C@H](NC(=O)OC)c5ccccc5)[nH]3)cc2CO4)[nH]1)C(C)C. The van der Waals surface area contributed by atoms with Crippen molar-refractivity contribution >= 4 is 45.8 Å². The van der Waals surface area contributed by atoms with E-state index in [0.29, 0.717) is 36.9 Å². The highest BCUT2D eigenvalue weighted by Gasteiger charge is 2.39. The topological polar surface area (TPSA) is 184 Å². The van der Waals surface area contributed by atoms with Gasteiger partial charge in [-0.1, -0.05) is 62.4 Å². The van der Waals surface area contributed by atoms with Crippen LogP contribution in [0.25, 0.3) is 44.2 Å². The second kappa shape index (κ2) is 16.3. The number of likely N-dealkylation sites (tertiary alicyclic amines) is 2. The van der Waals surface area contributed by atoms with Gasteiger partial charge in [0.2, 0.25) is 5.91 Å². The quantitative estimate of drug-likeness (QED) is 0.115. The molecule has 0 radical (unpaired) electrons. The largest absolute Gasteiger partial charge is 0.488 e. The van der Waals surface area contributed by atoms with Crippen LogP contribution < -0.4 is 15.4 Å². The van der Waals surface area contributed by atoms with E-state index in [9.17, 15) is 19.2 Å². The summed E-state index contributed by atoms with van der Waals surface area (Å²) in [5.74, 6) is 1.70. The van der Waals surface area contributed by atoms with Crippen LogP contribution in [0.2, 0.25) is 0 Å². The zero-order valence-electron chi connectivity index (χ0n) is 34.5. The third kappa shape index (κ3) is 7.27. The molecule has 15 nitrogen and oxygen atoms in total. The smallest absolute Gasteiger partial charge is 0.407 e. The Morgan fingerprint density at radius 1 is 0.787 bits per heavy atom. The first-order chi connectivity index (χ1) is 29.6. The van der Waals surface area contributed by atoms with Gasteiger partial charge in [0.1, 0.15) is 36.1 Å². The standard InChI is InChI=1S/C46H48N8O7/c1-25(2)37(51-45(57)59-3)43(55)54-21-9-13-36(54)42-48-33-19-18-32-30(39(33)50-42)16-17-31-29-15-14-27(22-28(29)24-61-40(31)32)34-23-47-41(49-34)35-12-8-20-53(35)44(56)38(52-46(58)60-4)26-10-6-5-7-11-26/h5-7,10-11,14-19,22-23,25,35-38H,8-9,12-13,20-21,24H2,1-4H3,(H,47,49)(H,48,50)(H,51,57)(H,52,58)/t35-,36-,37-,38+/m0/s1. The molecule has 2 saturated heterocycles. The Morgan fingerprint density at radius 3 is 2.21 bits per heavy atom. The molecule has 4 atom stereocenters. The molecule has 61 heavy (non-hydrogen) atoms. The number of nitrogens with one attached hydrogen (secondary N) is 4.